The van der Waals surface area contributed by atoms with E-state index in [9.17, 15) is 14.7 Å². The molecule has 2 aliphatic rings. The Morgan fingerprint density at radius 3 is 0.884 bits per heavy atom. The Morgan fingerprint density at radius 1 is 0.384 bits per heavy atom. The number of piperazine rings is 1. The van der Waals surface area contributed by atoms with E-state index in [1.54, 1.807) is 6.92 Å². The van der Waals surface area contributed by atoms with Crippen LogP contribution in [0.1, 0.15) is 357 Å². The third-order valence-corrected chi connectivity index (χ3v) is 19.6. The molecule has 2 aliphatic heterocycles. The molecule has 0 aromatic rings. The molecule has 2 unspecified atom stereocenters. The van der Waals surface area contributed by atoms with Gasteiger partial charge in [0.25, 0.3) is 5.91 Å². The van der Waals surface area contributed by atoms with Crippen LogP contribution in [0.2, 0.25) is 0 Å². The van der Waals surface area contributed by atoms with Crippen LogP contribution in [0.15, 0.2) is 4.99 Å². The maximum absolute atomic E-state index is 11.9. The van der Waals surface area contributed by atoms with Gasteiger partial charge in [-0.25, -0.2) is 4.99 Å². The van der Waals surface area contributed by atoms with Crippen molar-refractivity contribution in [2.24, 2.45) is 16.3 Å². The SMILES string of the molecule is CCCC(C)C1(CC)C(=O)N=C([O-])NC1=O.CCCCCCCCCCCCN(CCCCCCCCCCCC)CCN(CCCCCCCCCCCC)CCN1CCN(CCN(CCCCCC)CCCCCCCCCCCC)CC1.[Na+]. The van der Waals surface area contributed by atoms with Gasteiger partial charge < -0.3 is 25.1 Å². The molecule has 0 aromatic carbocycles. The fourth-order valence-electron chi connectivity index (χ4n) is 13.4. The number of amides is 2. The first-order valence-electron chi connectivity index (χ1n) is 38.4. The summed E-state index contributed by atoms with van der Waals surface area (Å²) < 4.78 is 0. The number of hydrogen-bond donors (Lipinski definition) is 1. The monoisotopic (exact) mass is 1220 g/mol. The van der Waals surface area contributed by atoms with Crippen molar-refractivity contribution < 1.29 is 44.3 Å². The maximum Gasteiger partial charge on any atom is 1.00 e. The van der Waals surface area contributed by atoms with E-state index in [4.69, 9.17) is 0 Å². The van der Waals surface area contributed by atoms with Crippen molar-refractivity contribution in [1.82, 2.24) is 29.8 Å². The Hall–Kier alpha value is -0.590. The van der Waals surface area contributed by atoms with E-state index < -0.39 is 23.3 Å². The third kappa shape index (κ3) is 46.5. The van der Waals surface area contributed by atoms with Gasteiger partial charge in [-0.2, -0.15) is 0 Å². The van der Waals surface area contributed by atoms with Crippen molar-refractivity contribution >= 4 is 17.8 Å². The molecule has 2 atom stereocenters. The van der Waals surface area contributed by atoms with E-state index in [-0.39, 0.29) is 35.5 Å². The third-order valence-electron chi connectivity index (χ3n) is 19.6. The van der Waals surface area contributed by atoms with Crippen LogP contribution in [-0.4, -0.2) is 141 Å². The molecule has 2 amide bonds. The number of carbonyl (C=O) groups is 2. The van der Waals surface area contributed by atoms with E-state index in [2.05, 4.69) is 69.4 Å². The predicted octanol–water partition coefficient (Wildman–Crippen LogP) is 16.0. The molecular formula is C75H150N7NaO3. The largest absolute Gasteiger partial charge is 1.00 e. The van der Waals surface area contributed by atoms with Crippen molar-refractivity contribution in [1.29, 1.82) is 0 Å². The Morgan fingerprint density at radius 2 is 0.628 bits per heavy atom. The first-order valence-corrected chi connectivity index (χ1v) is 38.4. The topological polar surface area (TPSA) is 97.8 Å². The molecule has 11 heteroatoms. The fraction of sp³-hybridized carbons (Fsp3) is 0.960. The average molecular weight is 1220 g/mol. The molecule has 86 heavy (non-hydrogen) atoms. The number of aliphatic imine (C=N–C) groups is 1. The number of nitrogens with zero attached hydrogens (tertiary/aromatic N) is 6. The first kappa shape index (κ1) is 85.4. The molecule has 0 aliphatic carbocycles. The minimum absolute atomic E-state index is 0. The van der Waals surface area contributed by atoms with Gasteiger partial charge in [-0.15, -0.1) is 0 Å². The zero-order valence-electron chi connectivity index (χ0n) is 59.8. The first-order chi connectivity index (χ1) is 41.6. The molecule has 1 N–H and O–H groups in total. The van der Waals surface area contributed by atoms with Crippen LogP contribution in [0.3, 0.4) is 0 Å². The summed E-state index contributed by atoms with van der Waals surface area (Å²) in [6, 6.07) is -0.845. The quantitative estimate of drug-likeness (QED) is 0.0365. The molecular weight excluding hydrogens is 1070 g/mol. The van der Waals surface area contributed by atoms with Gasteiger partial charge in [0.15, 0.2) is 0 Å². The zero-order chi connectivity index (χ0) is 62.0. The van der Waals surface area contributed by atoms with Gasteiger partial charge >= 0.3 is 29.6 Å². The molecule has 0 aromatic heterocycles. The minimum atomic E-state index is -1.15. The average Bonchev–Trinajstić information content (AvgIpc) is 0.959. The minimum Gasteiger partial charge on any atom is -0.846 e. The van der Waals surface area contributed by atoms with Crippen molar-refractivity contribution in [3.8, 4) is 0 Å². The molecule has 0 spiro atoms. The summed E-state index contributed by atoms with van der Waals surface area (Å²) in [5, 5.41) is 13.1. The summed E-state index contributed by atoms with van der Waals surface area (Å²) in [6.45, 7) is 36.7. The standard InChI is InChI=1S/C64H133N5.C11H18N2O3.Na/c1-6-11-16-21-25-29-33-37-41-46-51-65(50-45-20-15-10-5)56-59-68-61-63-69(64-62-68)60-58-67(54-49-44-40-36-32-28-24-19-14-9-4)57-55-66(52-47-42-38-34-30-26-22-17-12-7-2)53-48-43-39-35-31-27-23-18-13-8-3;1-4-6-7(3)11(5-2)8(14)12-10(16)13-9(11)15;/h6-64H2,1-5H3;7H,4-6H2,1-3H3,(H2,12,13,14,15,16);/q;;+1/p-1. The van der Waals surface area contributed by atoms with Gasteiger partial charge in [-0.05, 0) is 83.6 Å². The van der Waals surface area contributed by atoms with Gasteiger partial charge in [0, 0.05) is 65.4 Å². The number of hydrogen-bond acceptors (Lipinski definition) is 8. The Bertz CT molecular complexity index is 1460. The van der Waals surface area contributed by atoms with Gasteiger partial charge in [-0.3, -0.25) is 19.4 Å². The van der Waals surface area contributed by atoms with Gasteiger partial charge in [-0.1, -0.05) is 312 Å². The van der Waals surface area contributed by atoms with E-state index in [0.717, 1.165) is 12.8 Å². The second-order valence-corrected chi connectivity index (χ2v) is 27.2. The van der Waals surface area contributed by atoms with E-state index in [1.165, 1.54) is 381 Å². The summed E-state index contributed by atoms with van der Waals surface area (Å²) in [7, 11) is 0. The number of unbranched alkanes of at least 4 members (excludes halogenated alkanes) is 39. The molecule has 0 bridgehead atoms. The van der Waals surface area contributed by atoms with E-state index in [0.29, 0.717) is 6.42 Å². The summed E-state index contributed by atoms with van der Waals surface area (Å²) >= 11 is 0. The number of rotatable bonds is 62. The summed E-state index contributed by atoms with van der Waals surface area (Å²) in [6.07, 6.45) is 65.1. The van der Waals surface area contributed by atoms with Crippen LogP contribution in [0.25, 0.3) is 0 Å². The molecule has 0 radical (unpaired) electrons. The van der Waals surface area contributed by atoms with Crippen LogP contribution in [-0.2, 0) is 9.59 Å². The predicted molar refractivity (Wildman–Crippen MR) is 371 cm³/mol. The summed E-state index contributed by atoms with van der Waals surface area (Å²) in [5.74, 6) is -1.20. The summed E-state index contributed by atoms with van der Waals surface area (Å²) in [4.78, 5) is 41.4. The van der Waals surface area contributed by atoms with Crippen molar-refractivity contribution in [2.45, 2.75) is 357 Å². The molecule has 2 rings (SSSR count). The maximum atomic E-state index is 11.9. The Kier molecular flexibility index (Phi) is 62.7. The number of amidine groups is 1. The van der Waals surface area contributed by atoms with Crippen molar-refractivity contribution in [3.63, 3.8) is 0 Å². The Labute approximate surface area is 560 Å². The van der Waals surface area contributed by atoms with Crippen LogP contribution >= 0.6 is 0 Å². The molecule has 2 heterocycles. The van der Waals surface area contributed by atoms with E-state index >= 15 is 0 Å². The van der Waals surface area contributed by atoms with Gasteiger partial charge in [0.1, 0.15) is 5.41 Å². The second kappa shape index (κ2) is 63.2. The number of carbonyl (C=O) groups excluding carboxylic acids is 2. The molecule has 0 saturated carbocycles. The fourth-order valence-corrected chi connectivity index (χ4v) is 13.4. The summed E-state index contributed by atoms with van der Waals surface area (Å²) in [5.41, 5.74) is -1.15. The van der Waals surface area contributed by atoms with Crippen LogP contribution < -0.4 is 40.0 Å². The van der Waals surface area contributed by atoms with Crippen LogP contribution in [0.5, 0.6) is 0 Å². The van der Waals surface area contributed by atoms with E-state index in [1.807, 2.05) is 13.8 Å². The second-order valence-electron chi connectivity index (χ2n) is 27.2. The normalized spacial score (nSPS) is 16.2. The molecule has 504 valence electrons. The number of nitrogens with one attached hydrogen (secondary N) is 1. The molecule has 10 nitrogen and oxygen atoms in total. The Balaban J connectivity index is 0.00000364. The smallest absolute Gasteiger partial charge is 0.846 e. The van der Waals surface area contributed by atoms with Crippen molar-refractivity contribution in [3.05, 3.63) is 0 Å². The van der Waals surface area contributed by atoms with Crippen LogP contribution in [0.4, 0.5) is 0 Å². The van der Waals surface area contributed by atoms with Crippen LogP contribution in [0, 0.1) is 11.3 Å². The van der Waals surface area contributed by atoms with Gasteiger partial charge in [0.2, 0.25) is 5.91 Å². The van der Waals surface area contributed by atoms with Crippen molar-refractivity contribution in [2.75, 3.05) is 98.2 Å². The zero-order valence-corrected chi connectivity index (χ0v) is 61.8. The molecule has 1 fully saturated rings. The molecule has 1 saturated heterocycles. The van der Waals surface area contributed by atoms with Gasteiger partial charge in [0.05, 0.1) is 6.02 Å².